The summed E-state index contributed by atoms with van der Waals surface area (Å²) in [7, 11) is -3.69. The number of thiocarbonyl (C=S) groups is 1. The number of aliphatic hydroxyl groups excluding tert-OH is 1. The number of hydrogen-bond acceptors (Lipinski definition) is 4. The van der Waals surface area contributed by atoms with Crippen molar-refractivity contribution in [3.8, 4) is 0 Å². The van der Waals surface area contributed by atoms with E-state index in [1.165, 1.54) is 10.4 Å². The van der Waals surface area contributed by atoms with Crippen molar-refractivity contribution in [2.45, 2.75) is 24.3 Å². The van der Waals surface area contributed by atoms with E-state index >= 15 is 0 Å². The van der Waals surface area contributed by atoms with Gasteiger partial charge in [-0.15, -0.1) is 0 Å². The van der Waals surface area contributed by atoms with Crippen LogP contribution < -0.4 is 5.73 Å². The lowest BCUT2D eigenvalue weighted by atomic mass is 9.98. The number of sulfonamides is 1. The molecule has 0 amide bonds. The minimum absolute atomic E-state index is 0.0510. The van der Waals surface area contributed by atoms with Gasteiger partial charge in [0.15, 0.2) is 0 Å². The van der Waals surface area contributed by atoms with Gasteiger partial charge in [-0.2, -0.15) is 4.31 Å². The Morgan fingerprint density at radius 1 is 1.45 bits per heavy atom. The van der Waals surface area contributed by atoms with Crippen molar-refractivity contribution in [2.75, 3.05) is 13.1 Å². The first-order chi connectivity index (χ1) is 9.34. The summed E-state index contributed by atoms with van der Waals surface area (Å²) < 4.78 is 26.6. The fourth-order valence-corrected chi connectivity index (χ4v) is 4.19. The predicted molar refractivity (Wildman–Crippen MR) is 80.9 cm³/mol. The molecule has 0 radical (unpaired) electrons. The van der Waals surface area contributed by atoms with Crippen LogP contribution in [0.5, 0.6) is 0 Å². The molecule has 2 unspecified atom stereocenters. The van der Waals surface area contributed by atoms with Gasteiger partial charge < -0.3 is 10.8 Å². The third kappa shape index (κ3) is 2.85. The van der Waals surface area contributed by atoms with E-state index in [0.717, 1.165) is 0 Å². The molecule has 0 saturated carbocycles. The molecule has 1 aliphatic heterocycles. The van der Waals surface area contributed by atoms with Crippen LogP contribution in [-0.2, 0) is 10.0 Å². The fraction of sp³-hybridized carbons (Fsp3) is 0.462. The van der Waals surface area contributed by atoms with Gasteiger partial charge in [0, 0.05) is 18.7 Å². The summed E-state index contributed by atoms with van der Waals surface area (Å²) in [6, 6.07) is 6.42. The second-order valence-corrected chi connectivity index (χ2v) is 7.40. The van der Waals surface area contributed by atoms with Gasteiger partial charge in [0.1, 0.15) is 4.99 Å². The van der Waals surface area contributed by atoms with Crippen molar-refractivity contribution in [2.24, 2.45) is 11.7 Å². The van der Waals surface area contributed by atoms with Gasteiger partial charge in [0.25, 0.3) is 0 Å². The summed E-state index contributed by atoms with van der Waals surface area (Å²) in [5.74, 6) is 0.104. The molecule has 5 nitrogen and oxygen atoms in total. The molecule has 3 N–H and O–H groups in total. The van der Waals surface area contributed by atoms with Crippen molar-refractivity contribution in [3.05, 3.63) is 29.8 Å². The highest BCUT2D eigenvalue weighted by atomic mass is 32.2. The van der Waals surface area contributed by atoms with Crippen molar-refractivity contribution in [3.63, 3.8) is 0 Å². The Balaban J connectivity index is 2.39. The third-order valence-corrected chi connectivity index (χ3v) is 5.79. The lowest BCUT2D eigenvalue weighted by molar-refractivity contribution is 0.0605. The van der Waals surface area contributed by atoms with Gasteiger partial charge in [-0.3, -0.25) is 0 Å². The van der Waals surface area contributed by atoms with Crippen molar-refractivity contribution in [1.29, 1.82) is 0 Å². The molecule has 0 aliphatic carbocycles. The van der Waals surface area contributed by atoms with Gasteiger partial charge in [-0.25, -0.2) is 8.42 Å². The van der Waals surface area contributed by atoms with E-state index in [-0.39, 0.29) is 22.3 Å². The van der Waals surface area contributed by atoms with Gasteiger partial charge in [0.2, 0.25) is 10.0 Å². The van der Waals surface area contributed by atoms with Gasteiger partial charge in [0.05, 0.1) is 11.0 Å². The molecule has 1 saturated heterocycles. The normalized spacial score (nSPS) is 24.5. The maximum absolute atomic E-state index is 12.7. The molecule has 1 aliphatic rings. The van der Waals surface area contributed by atoms with E-state index in [1.807, 2.05) is 6.92 Å². The molecule has 0 aromatic heterocycles. The van der Waals surface area contributed by atoms with E-state index in [9.17, 15) is 13.5 Å². The Bertz CT molecular complexity index is 616. The highest BCUT2D eigenvalue weighted by Gasteiger charge is 2.34. The molecule has 2 rings (SSSR count). The van der Waals surface area contributed by atoms with E-state index in [1.54, 1.807) is 18.2 Å². The molecule has 0 spiro atoms. The Labute approximate surface area is 124 Å². The quantitative estimate of drug-likeness (QED) is 0.803. The minimum Gasteiger partial charge on any atom is -0.391 e. The first-order valence-electron chi connectivity index (χ1n) is 6.41. The summed E-state index contributed by atoms with van der Waals surface area (Å²) >= 11 is 4.91. The lowest BCUT2D eigenvalue weighted by Gasteiger charge is -2.33. The zero-order chi connectivity index (χ0) is 14.9. The summed E-state index contributed by atoms with van der Waals surface area (Å²) in [5, 5.41) is 9.88. The average Bonchev–Trinajstić information content (AvgIpc) is 2.41. The number of nitrogens with zero attached hydrogens (tertiary/aromatic N) is 1. The molecule has 1 fully saturated rings. The molecule has 7 heteroatoms. The fourth-order valence-electron chi connectivity index (χ4n) is 2.27. The van der Waals surface area contributed by atoms with Crippen LogP contribution in [0.2, 0.25) is 0 Å². The molecule has 0 bridgehead atoms. The Hall–Kier alpha value is -1.02. The largest absolute Gasteiger partial charge is 0.391 e. The van der Waals surface area contributed by atoms with Gasteiger partial charge in [-0.1, -0.05) is 37.3 Å². The Morgan fingerprint density at radius 3 is 2.70 bits per heavy atom. The lowest BCUT2D eigenvalue weighted by Crippen LogP contribution is -2.46. The van der Waals surface area contributed by atoms with Crippen LogP contribution >= 0.6 is 12.2 Å². The van der Waals surface area contributed by atoms with Crippen LogP contribution in [0, 0.1) is 5.92 Å². The van der Waals surface area contributed by atoms with E-state index in [4.69, 9.17) is 18.0 Å². The van der Waals surface area contributed by atoms with Crippen LogP contribution in [0.25, 0.3) is 0 Å². The highest BCUT2D eigenvalue weighted by molar-refractivity contribution is 7.89. The van der Waals surface area contributed by atoms with Crippen LogP contribution in [0.3, 0.4) is 0 Å². The number of rotatable bonds is 3. The predicted octanol–water partition coefficient (Wildman–Crippen LogP) is 0.712. The molecular weight excluding hydrogens is 296 g/mol. The average molecular weight is 314 g/mol. The maximum Gasteiger partial charge on any atom is 0.243 e. The molecule has 1 aromatic rings. The molecule has 2 atom stereocenters. The van der Waals surface area contributed by atoms with E-state index in [2.05, 4.69) is 0 Å². The van der Waals surface area contributed by atoms with E-state index < -0.39 is 16.1 Å². The zero-order valence-corrected chi connectivity index (χ0v) is 12.8. The first kappa shape index (κ1) is 15.4. The van der Waals surface area contributed by atoms with Crippen molar-refractivity contribution in [1.82, 2.24) is 4.31 Å². The first-order valence-corrected chi connectivity index (χ1v) is 8.26. The number of benzene rings is 1. The Kier molecular flexibility index (Phi) is 4.43. The summed E-state index contributed by atoms with van der Waals surface area (Å²) in [5.41, 5.74) is 5.93. The van der Waals surface area contributed by atoms with Crippen LogP contribution in [-0.4, -0.2) is 42.0 Å². The minimum atomic E-state index is -3.69. The van der Waals surface area contributed by atoms with Crippen molar-refractivity contribution < 1.29 is 13.5 Å². The van der Waals surface area contributed by atoms with Crippen LogP contribution in [0.4, 0.5) is 0 Å². The second-order valence-electron chi connectivity index (χ2n) is 5.06. The summed E-state index contributed by atoms with van der Waals surface area (Å²) in [6.45, 7) is 2.42. The topological polar surface area (TPSA) is 83.6 Å². The van der Waals surface area contributed by atoms with Crippen LogP contribution in [0.1, 0.15) is 18.9 Å². The number of aliphatic hydroxyl groups is 1. The smallest absolute Gasteiger partial charge is 0.243 e. The second kappa shape index (κ2) is 5.77. The van der Waals surface area contributed by atoms with E-state index in [0.29, 0.717) is 18.5 Å². The zero-order valence-electron chi connectivity index (χ0n) is 11.2. The third-order valence-electron chi connectivity index (χ3n) is 3.65. The molecule has 1 heterocycles. The van der Waals surface area contributed by atoms with Gasteiger partial charge in [-0.05, 0) is 18.4 Å². The summed E-state index contributed by atoms with van der Waals surface area (Å²) in [6.07, 6.45) is -0.00848. The van der Waals surface area contributed by atoms with Crippen LogP contribution in [0.15, 0.2) is 29.2 Å². The SMILES string of the molecule is CC1CCN(S(=O)(=O)c2ccccc2C(N)=S)CC1O. The monoisotopic (exact) mass is 314 g/mol. The molecule has 110 valence electrons. The number of piperidine rings is 1. The number of hydrogen-bond donors (Lipinski definition) is 2. The van der Waals surface area contributed by atoms with Gasteiger partial charge >= 0.3 is 0 Å². The molecular formula is C13H18N2O3S2. The number of β-amino-alcohol motifs (C(OH)–C–C–N with tert-alkyl or cyclic N) is 1. The van der Waals surface area contributed by atoms with Crippen molar-refractivity contribution >= 4 is 27.2 Å². The Morgan fingerprint density at radius 2 is 2.10 bits per heavy atom. The standard InChI is InChI=1S/C13H18N2O3S2/c1-9-6-7-15(8-11(9)16)20(17,18)12-5-3-2-4-10(12)13(14)19/h2-5,9,11,16H,6-8H2,1H3,(H2,14,19). The molecule has 20 heavy (non-hydrogen) atoms. The highest BCUT2D eigenvalue weighted by Crippen LogP contribution is 2.25. The summed E-state index contributed by atoms with van der Waals surface area (Å²) in [4.78, 5) is 0.157. The number of nitrogens with two attached hydrogens (primary N) is 1. The molecule has 1 aromatic carbocycles. The maximum atomic E-state index is 12.7.